The third kappa shape index (κ3) is 3.05. The molecule has 0 aromatic heterocycles. The van der Waals surface area contributed by atoms with E-state index in [0.717, 1.165) is 12.1 Å². The Morgan fingerprint density at radius 1 is 1.25 bits per heavy atom. The van der Waals surface area contributed by atoms with Gasteiger partial charge >= 0.3 is 6.18 Å². The molecule has 0 amide bonds. The molecule has 0 aliphatic heterocycles. The number of halogens is 6. The Kier molecular flexibility index (Phi) is 5.15. The number of benzene rings is 1. The van der Waals surface area contributed by atoms with Crippen LogP contribution < -0.4 is 5.73 Å². The second kappa shape index (κ2) is 5.45. The van der Waals surface area contributed by atoms with Crippen LogP contribution >= 0.6 is 12.4 Å². The van der Waals surface area contributed by atoms with Crippen LogP contribution in [0.15, 0.2) is 18.2 Å². The molecule has 1 rings (SSSR count). The highest BCUT2D eigenvalue weighted by atomic mass is 35.5. The molecule has 16 heavy (non-hydrogen) atoms. The molecule has 92 valence electrons. The lowest BCUT2D eigenvalue weighted by Crippen LogP contribution is -2.20. The molecule has 0 aliphatic rings. The first kappa shape index (κ1) is 15.1. The summed E-state index contributed by atoms with van der Waals surface area (Å²) < 4.78 is 62.4. The minimum absolute atomic E-state index is 0. The average Bonchev–Trinajstić information content (AvgIpc) is 2.15. The predicted octanol–water partition coefficient (Wildman–Crippen LogP) is 3.24. The van der Waals surface area contributed by atoms with Crippen molar-refractivity contribution in [2.75, 3.05) is 6.67 Å². The quantitative estimate of drug-likeness (QED) is 0.813. The van der Waals surface area contributed by atoms with Crippen molar-refractivity contribution in [3.63, 3.8) is 0 Å². The molecule has 1 atom stereocenters. The maximum absolute atomic E-state index is 13.1. The van der Waals surface area contributed by atoms with E-state index in [0.29, 0.717) is 6.07 Å². The van der Waals surface area contributed by atoms with E-state index in [1.807, 2.05) is 0 Å². The van der Waals surface area contributed by atoms with Gasteiger partial charge in [0.1, 0.15) is 12.5 Å². The van der Waals surface area contributed by atoms with E-state index in [9.17, 15) is 22.0 Å². The summed E-state index contributed by atoms with van der Waals surface area (Å²) in [5, 5.41) is 0. The summed E-state index contributed by atoms with van der Waals surface area (Å²) in [6.45, 7) is -1.25. The fourth-order valence-electron chi connectivity index (χ4n) is 1.24. The van der Waals surface area contributed by atoms with E-state index in [-0.39, 0.29) is 12.4 Å². The van der Waals surface area contributed by atoms with Crippen molar-refractivity contribution < 1.29 is 22.0 Å². The average molecular weight is 262 g/mol. The monoisotopic (exact) mass is 261 g/mol. The summed E-state index contributed by atoms with van der Waals surface area (Å²) in [6.07, 6.45) is -4.73. The lowest BCUT2D eigenvalue weighted by Gasteiger charge is -2.16. The molecule has 2 N–H and O–H groups in total. The van der Waals surface area contributed by atoms with Crippen molar-refractivity contribution in [3.8, 4) is 0 Å². The van der Waals surface area contributed by atoms with Crippen LogP contribution in [0.1, 0.15) is 17.2 Å². The van der Waals surface area contributed by atoms with Crippen LogP contribution in [0.3, 0.4) is 0 Å². The SMILES string of the molecule is Cl.N[C@@H](CF)c1c(F)cccc1C(F)(F)F. The first-order valence-electron chi connectivity index (χ1n) is 4.05. The highest BCUT2D eigenvalue weighted by Gasteiger charge is 2.35. The smallest absolute Gasteiger partial charge is 0.322 e. The molecular weight excluding hydrogens is 253 g/mol. The molecule has 0 bridgehead atoms. The number of alkyl halides is 4. The van der Waals surface area contributed by atoms with Gasteiger partial charge in [-0.05, 0) is 12.1 Å². The zero-order valence-corrected chi connectivity index (χ0v) is 8.71. The van der Waals surface area contributed by atoms with Crippen molar-refractivity contribution in [1.29, 1.82) is 0 Å². The first-order chi connectivity index (χ1) is 6.88. The molecule has 0 saturated carbocycles. The summed E-state index contributed by atoms with van der Waals surface area (Å²) in [5.74, 6) is -1.14. The Morgan fingerprint density at radius 2 is 1.81 bits per heavy atom. The van der Waals surface area contributed by atoms with Gasteiger partial charge in [0.2, 0.25) is 0 Å². The van der Waals surface area contributed by atoms with Crippen LogP contribution in [0.25, 0.3) is 0 Å². The standard InChI is InChI=1S/C9H8F5N.ClH/c10-4-7(15)8-5(9(12,13)14)2-1-3-6(8)11;/h1-3,7H,4,15H2;1H/t7-;/m0./s1. The molecule has 0 fully saturated rings. The summed E-state index contributed by atoms with van der Waals surface area (Å²) in [4.78, 5) is 0. The highest BCUT2D eigenvalue weighted by Crippen LogP contribution is 2.35. The molecule has 1 aromatic carbocycles. The van der Waals surface area contributed by atoms with Crippen LogP contribution in [0.5, 0.6) is 0 Å². The molecule has 0 aliphatic carbocycles. The van der Waals surface area contributed by atoms with Gasteiger partial charge in [0.05, 0.1) is 11.6 Å². The van der Waals surface area contributed by atoms with E-state index in [4.69, 9.17) is 5.73 Å². The molecule has 7 heteroatoms. The summed E-state index contributed by atoms with van der Waals surface area (Å²) in [6, 6.07) is 0.809. The number of nitrogens with two attached hydrogens (primary N) is 1. The zero-order valence-electron chi connectivity index (χ0n) is 7.89. The molecule has 0 spiro atoms. The second-order valence-electron chi connectivity index (χ2n) is 2.96. The van der Waals surface area contributed by atoms with Gasteiger partial charge in [-0.15, -0.1) is 12.4 Å². The number of rotatable bonds is 2. The summed E-state index contributed by atoms with van der Waals surface area (Å²) >= 11 is 0. The van der Waals surface area contributed by atoms with E-state index >= 15 is 0 Å². The third-order valence-corrected chi connectivity index (χ3v) is 1.90. The zero-order chi connectivity index (χ0) is 11.6. The van der Waals surface area contributed by atoms with E-state index < -0.39 is 35.8 Å². The molecular formula is C9H9ClF5N. The second-order valence-corrected chi connectivity index (χ2v) is 2.96. The van der Waals surface area contributed by atoms with Crippen molar-refractivity contribution in [2.45, 2.75) is 12.2 Å². The van der Waals surface area contributed by atoms with Gasteiger partial charge in [0, 0.05) is 5.56 Å². The summed E-state index contributed by atoms with van der Waals surface area (Å²) in [7, 11) is 0. The molecule has 0 unspecified atom stereocenters. The number of hydrogen-bond acceptors (Lipinski definition) is 1. The van der Waals surface area contributed by atoms with Gasteiger partial charge in [0.25, 0.3) is 0 Å². The third-order valence-electron chi connectivity index (χ3n) is 1.90. The fraction of sp³-hybridized carbons (Fsp3) is 0.333. The predicted molar refractivity (Wildman–Crippen MR) is 51.6 cm³/mol. The number of hydrogen-bond donors (Lipinski definition) is 1. The van der Waals surface area contributed by atoms with Crippen LogP contribution in [0, 0.1) is 5.82 Å². The lowest BCUT2D eigenvalue weighted by atomic mass is 10.0. The molecule has 0 heterocycles. The van der Waals surface area contributed by atoms with Crippen molar-refractivity contribution >= 4 is 12.4 Å². The molecule has 0 saturated heterocycles. The largest absolute Gasteiger partial charge is 0.416 e. The highest BCUT2D eigenvalue weighted by molar-refractivity contribution is 5.85. The van der Waals surface area contributed by atoms with Gasteiger partial charge in [0.15, 0.2) is 0 Å². The molecule has 1 aromatic rings. The van der Waals surface area contributed by atoms with Crippen molar-refractivity contribution in [2.24, 2.45) is 5.73 Å². The fourth-order valence-corrected chi connectivity index (χ4v) is 1.24. The maximum Gasteiger partial charge on any atom is 0.416 e. The summed E-state index contributed by atoms with van der Waals surface area (Å²) in [5.41, 5.74) is 3.02. The van der Waals surface area contributed by atoms with Crippen molar-refractivity contribution in [3.05, 3.63) is 35.1 Å². The van der Waals surface area contributed by atoms with Gasteiger partial charge in [-0.25, -0.2) is 8.78 Å². The van der Waals surface area contributed by atoms with Gasteiger partial charge in [-0.1, -0.05) is 6.07 Å². The minimum atomic E-state index is -4.73. The Morgan fingerprint density at radius 3 is 2.25 bits per heavy atom. The van der Waals surface area contributed by atoms with Crippen LogP contribution in [0.2, 0.25) is 0 Å². The Bertz CT molecular complexity index is 352. The van der Waals surface area contributed by atoms with Crippen LogP contribution in [0.4, 0.5) is 22.0 Å². The van der Waals surface area contributed by atoms with E-state index in [1.165, 1.54) is 0 Å². The van der Waals surface area contributed by atoms with Gasteiger partial charge in [-0.2, -0.15) is 13.2 Å². The minimum Gasteiger partial charge on any atom is -0.322 e. The first-order valence-corrected chi connectivity index (χ1v) is 4.05. The van der Waals surface area contributed by atoms with E-state index in [1.54, 1.807) is 0 Å². The Balaban J connectivity index is 0.00000225. The van der Waals surface area contributed by atoms with Crippen LogP contribution in [-0.2, 0) is 6.18 Å². The Hall–Kier alpha value is -0.880. The molecule has 1 nitrogen and oxygen atoms in total. The van der Waals surface area contributed by atoms with Gasteiger partial charge in [-0.3, -0.25) is 0 Å². The normalized spacial score (nSPS) is 13.1. The lowest BCUT2D eigenvalue weighted by molar-refractivity contribution is -0.138. The van der Waals surface area contributed by atoms with E-state index in [2.05, 4.69) is 0 Å². The Labute approximate surface area is 94.8 Å². The molecule has 0 radical (unpaired) electrons. The van der Waals surface area contributed by atoms with Crippen molar-refractivity contribution in [1.82, 2.24) is 0 Å². The van der Waals surface area contributed by atoms with Crippen LogP contribution in [-0.4, -0.2) is 6.67 Å². The topological polar surface area (TPSA) is 26.0 Å². The van der Waals surface area contributed by atoms with Gasteiger partial charge < -0.3 is 5.73 Å². The maximum atomic E-state index is 13.1.